The number of rotatable bonds is 6. The van der Waals surface area contributed by atoms with Gasteiger partial charge in [0.2, 0.25) is 0 Å². The molecule has 0 spiro atoms. The first-order valence-corrected chi connectivity index (χ1v) is 7.88. The second-order valence-electron chi connectivity index (χ2n) is 5.22. The van der Waals surface area contributed by atoms with Gasteiger partial charge in [-0.15, -0.1) is 11.8 Å². The monoisotopic (exact) mass is 300 g/mol. The molecule has 0 aliphatic rings. The molecule has 0 radical (unpaired) electrons. The Bertz CT molecular complexity index is 592. The fraction of sp³-hybridized carbons (Fsp3) is 0.278. The minimum Gasteiger partial charge on any atom is -0.497 e. The highest BCUT2D eigenvalue weighted by molar-refractivity contribution is 7.99. The summed E-state index contributed by atoms with van der Waals surface area (Å²) in [4.78, 5) is 13.4. The SMILES string of the molecule is COc1ccc(C(C)(CSc2ccccc2)C(C)=O)cc1. The molecule has 0 bridgehead atoms. The van der Waals surface area contributed by atoms with E-state index in [1.807, 2.05) is 49.4 Å². The highest BCUT2D eigenvalue weighted by Gasteiger charge is 2.32. The fourth-order valence-corrected chi connectivity index (χ4v) is 3.27. The van der Waals surface area contributed by atoms with E-state index < -0.39 is 5.41 Å². The molecule has 2 rings (SSSR count). The van der Waals surface area contributed by atoms with Gasteiger partial charge >= 0.3 is 0 Å². The quantitative estimate of drug-likeness (QED) is 0.743. The van der Waals surface area contributed by atoms with E-state index in [4.69, 9.17) is 4.74 Å². The number of methoxy groups -OCH3 is 1. The molecular weight excluding hydrogens is 280 g/mol. The lowest BCUT2D eigenvalue weighted by molar-refractivity contribution is -0.121. The third-order valence-corrected chi connectivity index (χ3v) is 5.10. The van der Waals surface area contributed by atoms with Gasteiger partial charge < -0.3 is 4.74 Å². The lowest BCUT2D eigenvalue weighted by Crippen LogP contribution is -2.33. The summed E-state index contributed by atoms with van der Waals surface area (Å²) >= 11 is 1.71. The largest absolute Gasteiger partial charge is 0.497 e. The number of benzene rings is 2. The van der Waals surface area contributed by atoms with E-state index in [2.05, 4.69) is 12.1 Å². The Labute approximate surface area is 130 Å². The molecule has 2 aromatic rings. The summed E-state index contributed by atoms with van der Waals surface area (Å²) in [6, 6.07) is 17.9. The van der Waals surface area contributed by atoms with Gasteiger partial charge in [-0.1, -0.05) is 30.3 Å². The number of carbonyl (C=O) groups excluding carboxylic acids is 1. The molecule has 0 heterocycles. The average molecular weight is 300 g/mol. The van der Waals surface area contributed by atoms with Gasteiger partial charge in [0.1, 0.15) is 11.5 Å². The summed E-state index contributed by atoms with van der Waals surface area (Å²) < 4.78 is 5.18. The molecule has 0 aliphatic heterocycles. The normalized spacial score (nSPS) is 13.5. The Kier molecular flexibility index (Phi) is 5.07. The number of thioether (sulfide) groups is 1. The zero-order valence-corrected chi connectivity index (χ0v) is 13.4. The first-order chi connectivity index (χ1) is 10.1. The van der Waals surface area contributed by atoms with Crippen LogP contribution in [0.4, 0.5) is 0 Å². The molecule has 1 atom stereocenters. The van der Waals surface area contributed by atoms with Crippen molar-refractivity contribution in [2.45, 2.75) is 24.2 Å². The van der Waals surface area contributed by atoms with Crippen LogP contribution >= 0.6 is 11.8 Å². The van der Waals surface area contributed by atoms with E-state index >= 15 is 0 Å². The van der Waals surface area contributed by atoms with Crippen molar-refractivity contribution < 1.29 is 9.53 Å². The lowest BCUT2D eigenvalue weighted by atomic mass is 9.81. The third-order valence-electron chi connectivity index (χ3n) is 3.77. The maximum atomic E-state index is 12.2. The molecule has 0 saturated carbocycles. The number of carbonyl (C=O) groups is 1. The smallest absolute Gasteiger partial charge is 0.140 e. The van der Waals surface area contributed by atoms with Gasteiger partial charge in [0.05, 0.1) is 12.5 Å². The van der Waals surface area contributed by atoms with E-state index in [0.29, 0.717) is 0 Å². The summed E-state index contributed by atoms with van der Waals surface area (Å²) in [6.45, 7) is 3.67. The second-order valence-corrected chi connectivity index (χ2v) is 6.27. The van der Waals surface area contributed by atoms with Crippen molar-refractivity contribution in [2.75, 3.05) is 12.9 Å². The Hall–Kier alpha value is -1.74. The molecule has 0 fully saturated rings. The molecule has 2 nitrogen and oxygen atoms in total. The van der Waals surface area contributed by atoms with Gasteiger partial charge in [0.25, 0.3) is 0 Å². The van der Waals surface area contributed by atoms with Crippen LogP contribution in [-0.4, -0.2) is 18.6 Å². The molecular formula is C18H20O2S. The third kappa shape index (κ3) is 3.67. The van der Waals surface area contributed by atoms with Gasteiger partial charge in [0.15, 0.2) is 0 Å². The maximum Gasteiger partial charge on any atom is 0.140 e. The Morgan fingerprint density at radius 3 is 2.24 bits per heavy atom. The Morgan fingerprint density at radius 2 is 1.71 bits per heavy atom. The number of ether oxygens (including phenoxy) is 1. The summed E-state index contributed by atoms with van der Waals surface area (Å²) in [7, 11) is 1.64. The maximum absolute atomic E-state index is 12.2. The Balaban J connectivity index is 2.21. The van der Waals surface area contributed by atoms with Crippen LogP contribution in [0.1, 0.15) is 19.4 Å². The standard InChI is InChI=1S/C18H20O2S/c1-14(19)18(2,13-21-17-7-5-4-6-8-17)15-9-11-16(20-3)12-10-15/h4-12H,13H2,1-3H3. The van der Waals surface area contributed by atoms with Gasteiger partial charge in [-0.2, -0.15) is 0 Å². The molecule has 110 valence electrons. The molecule has 1 unspecified atom stereocenters. The number of Topliss-reactive ketones (excluding diaryl/α,β-unsaturated/α-hetero) is 1. The van der Waals surface area contributed by atoms with E-state index in [9.17, 15) is 4.79 Å². The zero-order chi connectivity index (χ0) is 15.3. The minimum absolute atomic E-state index is 0.177. The van der Waals surface area contributed by atoms with Crippen molar-refractivity contribution in [3.05, 3.63) is 60.2 Å². The van der Waals surface area contributed by atoms with Gasteiger partial charge in [-0.3, -0.25) is 4.79 Å². The fourth-order valence-electron chi connectivity index (χ4n) is 2.09. The summed E-state index contributed by atoms with van der Waals surface area (Å²) in [5, 5.41) is 0. The lowest BCUT2D eigenvalue weighted by Gasteiger charge is -2.27. The zero-order valence-electron chi connectivity index (χ0n) is 12.6. The molecule has 0 aliphatic carbocycles. The molecule has 21 heavy (non-hydrogen) atoms. The van der Waals surface area contributed by atoms with Crippen molar-refractivity contribution >= 4 is 17.5 Å². The van der Waals surface area contributed by atoms with Crippen molar-refractivity contribution in [1.29, 1.82) is 0 Å². The van der Waals surface area contributed by atoms with E-state index in [1.54, 1.807) is 25.8 Å². The van der Waals surface area contributed by atoms with Crippen LogP contribution in [0.3, 0.4) is 0 Å². The Morgan fingerprint density at radius 1 is 1.10 bits per heavy atom. The predicted molar refractivity (Wildman–Crippen MR) is 88.2 cm³/mol. The van der Waals surface area contributed by atoms with Crippen molar-refractivity contribution in [1.82, 2.24) is 0 Å². The van der Waals surface area contributed by atoms with Gasteiger partial charge in [-0.05, 0) is 43.7 Å². The van der Waals surface area contributed by atoms with Gasteiger partial charge in [-0.25, -0.2) is 0 Å². The number of ketones is 1. The van der Waals surface area contributed by atoms with E-state index in [-0.39, 0.29) is 5.78 Å². The molecule has 0 saturated heterocycles. The van der Waals surface area contributed by atoms with Crippen LogP contribution in [0.5, 0.6) is 5.75 Å². The number of hydrogen-bond donors (Lipinski definition) is 0. The second kappa shape index (κ2) is 6.81. The van der Waals surface area contributed by atoms with Crippen molar-refractivity contribution in [3.8, 4) is 5.75 Å². The summed E-state index contributed by atoms with van der Waals surface area (Å²) in [6.07, 6.45) is 0. The van der Waals surface area contributed by atoms with E-state index in [1.165, 1.54) is 4.90 Å². The van der Waals surface area contributed by atoms with Crippen LogP contribution < -0.4 is 4.74 Å². The van der Waals surface area contributed by atoms with Crippen LogP contribution in [0.15, 0.2) is 59.5 Å². The van der Waals surface area contributed by atoms with E-state index in [0.717, 1.165) is 17.1 Å². The molecule has 0 N–H and O–H groups in total. The average Bonchev–Trinajstić information content (AvgIpc) is 2.53. The molecule has 0 aromatic heterocycles. The van der Waals surface area contributed by atoms with Gasteiger partial charge in [0, 0.05) is 10.6 Å². The first kappa shape index (κ1) is 15.6. The molecule has 3 heteroatoms. The van der Waals surface area contributed by atoms with Crippen LogP contribution in [-0.2, 0) is 10.2 Å². The highest BCUT2D eigenvalue weighted by Crippen LogP contribution is 2.33. The van der Waals surface area contributed by atoms with Crippen molar-refractivity contribution in [2.24, 2.45) is 0 Å². The molecule has 2 aromatic carbocycles. The van der Waals surface area contributed by atoms with Crippen molar-refractivity contribution in [3.63, 3.8) is 0 Å². The summed E-state index contributed by atoms with van der Waals surface area (Å²) in [5.74, 6) is 1.70. The first-order valence-electron chi connectivity index (χ1n) is 6.89. The predicted octanol–water partition coefficient (Wildman–Crippen LogP) is 4.33. The minimum atomic E-state index is -0.493. The highest BCUT2D eigenvalue weighted by atomic mass is 32.2. The summed E-state index contributed by atoms with van der Waals surface area (Å²) in [5.41, 5.74) is 0.534. The molecule has 0 amide bonds. The number of hydrogen-bond acceptors (Lipinski definition) is 3. The van der Waals surface area contributed by atoms with Crippen LogP contribution in [0.25, 0.3) is 0 Å². The van der Waals surface area contributed by atoms with Crippen LogP contribution in [0, 0.1) is 0 Å². The van der Waals surface area contributed by atoms with Crippen LogP contribution in [0.2, 0.25) is 0 Å². The topological polar surface area (TPSA) is 26.3 Å².